The van der Waals surface area contributed by atoms with Crippen LogP contribution in [0.4, 0.5) is 4.79 Å². The number of nitrogens with one attached hydrogen (secondary N) is 2. The zero-order valence-corrected chi connectivity index (χ0v) is 12.7. The number of ketones is 1. The second kappa shape index (κ2) is 8.23. The summed E-state index contributed by atoms with van der Waals surface area (Å²) in [5.74, 6) is -2.02. The molecule has 0 spiro atoms. The van der Waals surface area contributed by atoms with E-state index in [2.05, 4.69) is 10.6 Å². The summed E-state index contributed by atoms with van der Waals surface area (Å²) in [6.45, 7) is 6.25. The van der Waals surface area contributed by atoms with Gasteiger partial charge in [0.1, 0.15) is 11.6 Å². The van der Waals surface area contributed by atoms with Crippen LogP contribution in [0.3, 0.4) is 0 Å². The zero-order chi connectivity index (χ0) is 16.6. The van der Waals surface area contributed by atoms with Crippen LogP contribution in [0.1, 0.15) is 40.5 Å². The Labute approximate surface area is 123 Å². The van der Waals surface area contributed by atoms with Crippen molar-refractivity contribution in [1.29, 1.82) is 0 Å². The molecule has 0 aromatic rings. The summed E-state index contributed by atoms with van der Waals surface area (Å²) in [6, 6.07) is -0.868. The van der Waals surface area contributed by atoms with E-state index in [4.69, 9.17) is 9.84 Å². The highest BCUT2D eigenvalue weighted by atomic mass is 16.6. The Kier molecular flexibility index (Phi) is 7.40. The number of carboxylic acids is 1. The van der Waals surface area contributed by atoms with E-state index in [9.17, 15) is 19.2 Å². The van der Waals surface area contributed by atoms with Gasteiger partial charge in [0.05, 0.1) is 13.0 Å². The van der Waals surface area contributed by atoms with Gasteiger partial charge in [-0.3, -0.25) is 14.4 Å². The second-order valence-corrected chi connectivity index (χ2v) is 5.52. The first-order chi connectivity index (χ1) is 9.51. The zero-order valence-electron chi connectivity index (χ0n) is 12.7. The molecule has 2 amide bonds. The fourth-order valence-corrected chi connectivity index (χ4v) is 1.22. The molecular formula is C13H22N2O6. The van der Waals surface area contributed by atoms with Crippen LogP contribution in [0.25, 0.3) is 0 Å². The van der Waals surface area contributed by atoms with Crippen LogP contribution in [-0.2, 0) is 19.1 Å². The number of carbonyl (C=O) groups is 4. The molecule has 0 aromatic heterocycles. The van der Waals surface area contributed by atoms with E-state index < -0.39 is 35.4 Å². The molecule has 0 saturated carbocycles. The van der Waals surface area contributed by atoms with Gasteiger partial charge >= 0.3 is 12.1 Å². The van der Waals surface area contributed by atoms with Crippen molar-refractivity contribution in [2.75, 3.05) is 6.54 Å². The first-order valence-electron chi connectivity index (χ1n) is 6.52. The van der Waals surface area contributed by atoms with E-state index in [1.807, 2.05) is 0 Å². The molecule has 0 aliphatic heterocycles. The smallest absolute Gasteiger partial charge is 0.408 e. The Hall–Kier alpha value is -2.12. The predicted molar refractivity (Wildman–Crippen MR) is 73.7 cm³/mol. The van der Waals surface area contributed by atoms with E-state index in [0.29, 0.717) is 0 Å². The number of ether oxygens (including phenoxy) is 1. The molecule has 0 aromatic carbocycles. The molecule has 0 aliphatic carbocycles. The minimum absolute atomic E-state index is 0.149. The lowest BCUT2D eigenvalue weighted by Gasteiger charge is -2.21. The minimum Gasteiger partial charge on any atom is -0.481 e. The van der Waals surface area contributed by atoms with E-state index in [-0.39, 0.29) is 19.4 Å². The first kappa shape index (κ1) is 18.9. The van der Waals surface area contributed by atoms with Crippen LogP contribution in [0.2, 0.25) is 0 Å². The summed E-state index contributed by atoms with van der Waals surface area (Å²) in [7, 11) is 0. The maximum atomic E-state index is 11.6. The molecule has 0 heterocycles. The van der Waals surface area contributed by atoms with E-state index in [0.717, 1.165) is 0 Å². The number of Topliss-reactive ketones (excluding diaryl/α,β-unsaturated/α-hetero) is 1. The Morgan fingerprint density at radius 1 is 1.14 bits per heavy atom. The SMILES string of the molecule is C[C@H](NC(=O)OC(C)(C)C)C(=O)NCC(=O)CCC(=O)O. The molecule has 21 heavy (non-hydrogen) atoms. The second-order valence-electron chi connectivity index (χ2n) is 5.52. The highest BCUT2D eigenvalue weighted by Gasteiger charge is 2.21. The van der Waals surface area contributed by atoms with Gasteiger partial charge < -0.3 is 20.5 Å². The van der Waals surface area contributed by atoms with Crippen LogP contribution in [0.5, 0.6) is 0 Å². The predicted octanol–water partition coefficient (Wildman–Crippen LogP) is 0.450. The van der Waals surface area contributed by atoms with Gasteiger partial charge in [0.15, 0.2) is 5.78 Å². The number of carboxylic acid groups (broad SMARTS) is 1. The van der Waals surface area contributed by atoms with Gasteiger partial charge in [-0.25, -0.2) is 4.79 Å². The maximum Gasteiger partial charge on any atom is 0.408 e. The van der Waals surface area contributed by atoms with Gasteiger partial charge in [-0.1, -0.05) is 0 Å². The van der Waals surface area contributed by atoms with Crippen molar-refractivity contribution in [1.82, 2.24) is 10.6 Å². The molecule has 120 valence electrons. The van der Waals surface area contributed by atoms with Gasteiger partial charge in [0, 0.05) is 6.42 Å². The molecule has 8 heteroatoms. The summed E-state index contributed by atoms with van der Waals surface area (Å²) in [5.41, 5.74) is -0.674. The van der Waals surface area contributed by atoms with E-state index in [1.165, 1.54) is 6.92 Å². The van der Waals surface area contributed by atoms with Crippen molar-refractivity contribution < 1.29 is 29.0 Å². The molecule has 0 radical (unpaired) electrons. The van der Waals surface area contributed by atoms with Crippen molar-refractivity contribution in [2.24, 2.45) is 0 Å². The van der Waals surface area contributed by atoms with Crippen molar-refractivity contribution >= 4 is 23.8 Å². The lowest BCUT2D eigenvalue weighted by atomic mass is 10.2. The summed E-state index contributed by atoms with van der Waals surface area (Å²) in [6.07, 6.45) is -1.16. The fourth-order valence-electron chi connectivity index (χ4n) is 1.22. The third-order valence-electron chi connectivity index (χ3n) is 2.20. The number of hydrogen-bond acceptors (Lipinski definition) is 5. The van der Waals surface area contributed by atoms with Crippen molar-refractivity contribution in [3.8, 4) is 0 Å². The molecule has 0 bridgehead atoms. The van der Waals surface area contributed by atoms with Crippen molar-refractivity contribution in [2.45, 2.75) is 52.2 Å². The number of hydrogen-bond donors (Lipinski definition) is 3. The number of carbonyl (C=O) groups excluding carboxylic acids is 3. The topological polar surface area (TPSA) is 122 Å². The van der Waals surface area contributed by atoms with Crippen molar-refractivity contribution in [3.05, 3.63) is 0 Å². The summed E-state index contributed by atoms with van der Waals surface area (Å²) in [4.78, 5) is 44.7. The maximum absolute atomic E-state index is 11.6. The largest absolute Gasteiger partial charge is 0.481 e. The summed E-state index contributed by atoms with van der Waals surface area (Å²) < 4.78 is 4.99. The van der Waals surface area contributed by atoms with Crippen LogP contribution >= 0.6 is 0 Å². The number of rotatable bonds is 7. The standard InChI is InChI=1S/C13H22N2O6/c1-8(15-12(20)21-13(2,3)4)11(19)14-7-9(16)5-6-10(17)18/h8H,5-7H2,1-4H3,(H,14,19)(H,15,20)(H,17,18)/t8-/m0/s1. The third-order valence-corrected chi connectivity index (χ3v) is 2.20. The Bertz CT molecular complexity index is 413. The molecular weight excluding hydrogens is 280 g/mol. The monoisotopic (exact) mass is 302 g/mol. The van der Waals surface area contributed by atoms with E-state index in [1.54, 1.807) is 20.8 Å². The Balaban J connectivity index is 4.08. The molecule has 1 atom stereocenters. The first-order valence-corrected chi connectivity index (χ1v) is 6.52. The number of alkyl carbamates (subject to hydrolysis) is 1. The van der Waals surface area contributed by atoms with Gasteiger partial charge in [0.2, 0.25) is 5.91 Å². The molecule has 8 nitrogen and oxygen atoms in total. The summed E-state index contributed by atoms with van der Waals surface area (Å²) >= 11 is 0. The molecule has 0 saturated heterocycles. The van der Waals surface area contributed by atoms with Crippen LogP contribution in [0, 0.1) is 0 Å². The van der Waals surface area contributed by atoms with Crippen LogP contribution in [-0.4, -0.2) is 47.0 Å². The fraction of sp³-hybridized carbons (Fsp3) is 0.692. The van der Waals surface area contributed by atoms with Crippen LogP contribution in [0.15, 0.2) is 0 Å². The van der Waals surface area contributed by atoms with Gasteiger partial charge in [-0.05, 0) is 27.7 Å². The van der Waals surface area contributed by atoms with Crippen LogP contribution < -0.4 is 10.6 Å². The Morgan fingerprint density at radius 2 is 1.71 bits per heavy atom. The highest BCUT2D eigenvalue weighted by molar-refractivity contribution is 5.90. The van der Waals surface area contributed by atoms with Gasteiger partial charge in [-0.2, -0.15) is 0 Å². The molecule has 0 aliphatic rings. The lowest BCUT2D eigenvalue weighted by molar-refractivity contribution is -0.138. The number of aliphatic carboxylic acids is 1. The average molecular weight is 302 g/mol. The number of amides is 2. The van der Waals surface area contributed by atoms with Gasteiger partial charge in [-0.15, -0.1) is 0 Å². The molecule has 0 rings (SSSR count). The average Bonchev–Trinajstić information content (AvgIpc) is 2.30. The normalized spacial score (nSPS) is 12.2. The third kappa shape index (κ3) is 10.3. The van der Waals surface area contributed by atoms with Crippen molar-refractivity contribution in [3.63, 3.8) is 0 Å². The van der Waals surface area contributed by atoms with E-state index >= 15 is 0 Å². The molecule has 0 fully saturated rings. The Morgan fingerprint density at radius 3 is 2.19 bits per heavy atom. The molecule has 0 unspecified atom stereocenters. The minimum atomic E-state index is -1.07. The van der Waals surface area contributed by atoms with Gasteiger partial charge in [0.25, 0.3) is 0 Å². The lowest BCUT2D eigenvalue weighted by Crippen LogP contribution is -2.47. The molecule has 3 N–H and O–H groups in total. The highest BCUT2D eigenvalue weighted by Crippen LogP contribution is 2.06. The quantitative estimate of drug-likeness (QED) is 0.627. The summed E-state index contributed by atoms with van der Waals surface area (Å²) in [5, 5.41) is 13.1.